The number of anilines is 1. The molecule has 2 amide bonds. The topological polar surface area (TPSA) is 75.6 Å². The summed E-state index contributed by atoms with van der Waals surface area (Å²) in [5, 5.41) is 8.29. The van der Waals surface area contributed by atoms with E-state index in [1.807, 2.05) is 6.92 Å². The summed E-state index contributed by atoms with van der Waals surface area (Å²) in [6, 6.07) is -0.178. The quantitative estimate of drug-likeness (QED) is 0.773. The van der Waals surface area contributed by atoms with E-state index in [2.05, 4.69) is 10.2 Å². The van der Waals surface area contributed by atoms with Crippen LogP contribution in [0, 0.1) is 0 Å². The molecule has 19 heavy (non-hydrogen) atoms. The molecule has 2 unspecified atom stereocenters. The molecule has 1 aromatic heterocycles. The van der Waals surface area contributed by atoms with Crippen LogP contribution in [-0.4, -0.2) is 58.0 Å². The largest absolute Gasteiger partial charge is 0.361 e. The molecular weight excluding hydrogens is 288 g/mol. The molecule has 0 radical (unpaired) electrons. The first-order valence-corrected chi connectivity index (χ1v) is 8.01. The average molecular weight is 304 g/mol. The summed E-state index contributed by atoms with van der Waals surface area (Å²) < 4.78 is 17.4. The molecule has 0 N–H and O–H groups in total. The second kappa shape index (κ2) is 5.93. The van der Waals surface area contributed by atoms with Gasteiger partial charge in [0, 0.05) is 32.9 Å². The lowest BCUT2D eigenvalue weighted by Crippen LogP contribution is -2.54. The Kier molecular flexibility index (Phi) is 4.48. The van der Waals surface area contributed by atoms with Crippen molar-refractivity contribution in [3.05, 3.63) is 0 Å². The van der Waals surface area contributed by atoms with Gasteiger partial charge in [-0.1, -0.05) is 18.3 Å². The van der Waals surface area contributed by atoms with Crippen molar-refractivity contribution in [1.29, 1.82) is 0 Å². The van der Waals surface area contributed by atoms with Crippen molar-refractivity contribution in [3.63, 3.8) is 0 Å². The van der Waals surface area contributed by atoms with Crippen LogP contribution in [0.4, 0.5) is 9.93 Å². The van der Waals surface area contributed by atoms with Crippen LogP contribution < -0.4 is 4.90 Å². The first-order valence-electron chi connectivity index (χ1n) is 5.87. The molecule has 2 heterocycles. The summed E-state index contributed by atoms with van der Waals surface area (Å²) in [6.45, 7) is 2.45. The molecule has 1 saturated heterocycles. The molecule has 1 aliphatic heterocycles. The predicted octanol–water partition coefficient (Wildman–Crippen LogP) is 0.900. The minimum absolute atomic E-state index is 0.178. The van der Waals surface area contributed by atoms with Gasteiger partial charge in [-0.3, -0.25) is 4.21 Å². The van der Waals surface area contributed by atoms with Crippen molar-refractivity contribution in [3.8, 4) is 0 Å². The third kappa shape index (κ3) is 2.77. The third-order valence-electron chi connectivity index (χ3n) is 2.86. The number of aromatic nitrogens is 2. The molecule has 9 heteroatoms. The fraction of sp³-hybridized carbons (Fsp3) is 0.700. The SMILES string of the molecule is CCS(=O)c1nnc(N2C(=O)N(C)CCC2OC)s1. The van der Waals surface area contributed by atoms with E-state index < -0.39 is 10.8 Å². The Morgan fingerprint density at radius 2 is 2.26 bits per heavy atom. The molecule has 0 bridgehead atoms. The third-order valence-corrected chi connectivity index (χ3v) is 5.38. The van der Waals surface area contributed by atoms with Crippen LogP contribution in [0.15, 0.2) is 4.34 Å². The van der Waals surface area contributed by atoms with E-state index in [4.69, 9.17) is 4.74 Å². The number of nitrogens with zero attached hydrogens (tertiary/aromatic N) is 4. The van der Waals surface area contributed by atoms with E-state index >= 15 is 0 Å². The van der Waals surface area contributed by atoms with E-state index in [9.17, 15) is 9.00 Å². The Morgan fingerprint density at radius 3 is 2.89 bits per heavy atom. The average Bonchev–Trinajstić information content (AvgIpc) is 2.90. The van der Waals surface area contributed by atoms with Gasteiger partial charge in [0.1, 0.15) is 6.23 Å². The maximum atomic E-state index is 12.2. The number of carbonyl (C=O) groups excluding carboxylic acids is 1. The van der Waals surface area contributed by atoms with Crippen molar-refractivity contribution < 1.29 is 13.7 Å². The maximum Gasteiger partial charge on any atom is 0.328 e. The van der Waals surface area contributed by atoms with E-state index in [0.717, 1.165) is 0 Å². The number of carbonyl (C=O) groups is 1. The lowest BCUT2D eigenvalue weighted by molar-refractivity contribution is 0.0700. The van der Waals surface area contributed by atoms with E-state index in [-0.39, 0.29) is 12.3 Å². The van der Waals surface area contributed by atoms with E-state index in [1.54, 1.807) is 19.1 Å². The molecule has 0 saturated carbocycles. The fourth-order valence-corrected chi connectivity index (χ4v) is 3.72. The van der Waals surface area contributed by atoms with Gasteiger partial charge < -0.3 is 9.64 Å². The number of hydrogen-bond acceptors (Lipinski definition) is 6. The van der Waals surface area contributed by atoms with Crippen LogP contribution in [0.5, 0.6) is 0 Å². The van der Waals surface area contributed by atoms with Crippen molar-refractivity contribution in [2.24, 2.45) is 0 Å². The van der Waals surface area contributed by atoms with Crippen LogP contribution >= 0.6 is 11.3 Å². The van der Waals surface area contributed by atoms with Crippen LogP contribution in [0.1, 0.15) is 13.3 Å². The Balaban J connectivity index is 2.29. The predicted molar refractivity (Wildman–Crippen MR) is 72.8 cm³/mol. The van der Waals surface area contributed by atoms with Gasteiger partial charge in [-0.05, 0) is 0 Å². The zero-order valence-corrected chi connectivity index (χ0v) is 12.7. The van der Waals surface area contributed by atoms with Crippen LogP contribution in [0.25, 0.3) is 0 Å². The summed E-state index contributed by atoms with van der Waals surface area (Å²) in [7, 11) is 2.13. The van der Waals surface area contributed by atoms with E-state index in [0.29, 0.717) is 28.2 Å². The Bertz CT molecular complexity index is 493. The first-order chi connectivity index (χ1) is 9.08. The monoisotopic (exact) mass is 304 g/mol. The highest BCUT2D eigenvalue weighted by molar-refractivity contribution is 7.87. The number of hydrogen-bond donors (Lipinski definition) is 0. The molecule has 2 atom stereocenters. The van der Waals surface area contributed by atoms with Gasteiger partial charge in [-0.2, -0.15) is 0 Å². The second-order valence-corrected chi connectivity index (χ2v) is 6.91. The van der Waals surface area contributed by atoms with Gasteiger partial charge in [-0.15, -0.1) is 10.2 Å². The van der Waals surface area contributed by atoms with Gasteiger partial charge in [0.05, 0.1) is 10.8 Å². The normalized spacial score (nSPS) is 21.8. The molecule has 1 fully saturated rings. The van der Waals surface area contributed by atoms with Gasteiger partial charge in [0.2, 0.25) is 9.47 Å². The summed E-state index contributed by atoms with van der Waals surface area (Å²) in [4.78, 5) is 15.3. The molecular formula is C10H16N4O3S2. The Morgan fingerprint density at radius 1 is 1.53 bits per heavy atom. The van der Waals surface area contributed by atoms with Crippen LogP contribution in [0.2, 0.25) is 0 Å². The number of amides is 2. The fourth-order valence-electron chi connectivity index (χ4n) is 1.78. The molecule has 1 aromatic rings. The van der Waals surface area contributed by atoms with Crippen molar-refractivity contribution in [1.82, 2.24) is 15.1 Å². The summed E-state index contributed by atoms with van der Waals surface area (Å²) >= 11 is 1.17. The standard InChI is InChI=1S/C10H16N4O3S2/c1-4-19(16)9-12-11-8(18-9)14-7(17-3)5-6-13(2)10(14)15/h7H,4-6H2,1-3H3. The van der Waals surface area contributed by atoms with Crippen LogP contribution in [0.3, 0.4) is 0 Å². The van der Waals surface area contributed by atoms with Crippen molar-refractivity contribution in [2.45, 2.75) is 23.9 Å². The smallest absolute Gasteiger partial charge is 0.328 e. The summed E-state index contributed by atoms with van der Waals surface area (Å²) in [5.41, 5.74) is 0. The minimum Gasteiger partial charge on any atom is -0.361 e. The zero-order chi connectivity index (χ0) is 14.0. The highest BCUT2D eigenvalue weighted by atomic mass is 32.2. The zero-order valence-electron chi connectivity index (χ0n) is 11.0. The van der Waals surface area contributed by atoms with Crippen molar-refractivity contribution >= 4 is 33.3 Å². The van der Waals surface area contributed by atoms with Gasteiger partial charge in [0.15, 0.2) is 0 Å². The summed E-state index contributed by atoms with van der Waals surface area (Å²) in [6.07, 6.45) is 0.351. The number of rotatable bonds is 4. The van der Waals surface area contributed by atoms with Crippen molar-refractivity contribution in [2.75, 3.05) is 31.4 Å². The number of methoxy groups -OCH3 is 1. The van der Waals surface area contributed by atoms with Crippen LogP contribution in [-0.2, 0) is 15.5 Å². The molecule has 7 nitrogen and oxygen atoms in total. The second-order valence-electron chi connectivity index (χ2n) is 4.04. The number of ether oxygens (including phenoxy) is 1. The molecule has 0 spiro atoms. The summed E-state index contributed by atoms with van der Waals surface area (Å²) in [5.74, 6) is 0.482. The van der Waals surface area contributed by atoms with Gasteiger partial charge >= 0.3 is 6.03 Å². The Labute approximate surface area is 118 Å². The highest BCUT2D eigenvalue weighted by Crippen LogP contribution is 2.28. The van der Waals surface area contributed by atoms with Gasteiger partial charge in [-0.25, -0.2) is 9.69 Å². The maximum absolute atomic E-state index is 12.2. The molecule has 2 rings (SSSR count). The first kappa shape index (κ1) is 14.4. The minimum atomic E-state index is -1.15. The highest BCUT2D eigenvalue weighted by Gasteiger charge is 2.35. The molecule has 0 aliphatic carbocycles. The lowest BCUT2D eigenvalue weighted by atomic mass is 10.3. The number of urea groups is 1. The molecule has 106 valence electrons. The van der Waals surface area contributed by atoms with Gasteiger partial charge in [0.25, 0.3) is 0 Å². The molecule has 1 aliphatic rings. The van der Waals surface area contributed by atoms with E-state index in [1.165, 1.54) is 16.2 Å². The lowest BCUT2D eigenvalue weighted by Gasteiger charge is -2.37. The Hall–Kier alpha value is -1.06. The molecule has 0 aromatic carbocycles.